The van der Waals surface area contributed by atoms with Gasteiger partial charge in [0.25, 0.3) is 5.91 Å². The minimum Gasteiger partial charge on any atom is -0.497 e. The van der Waals surface area contributed by atoms with E-state index in [1.54, 1.807) is 37.4 Å². The molecule has 1 N–H and O–H groups in total. The van der Waals surface area contributed by atoms with Crippen LogP contribution in [0.25, 0.3) is 0 Å². The molecule has 1 aromatic heterocycles. The first-order valence-corrected chi connectivity index (χ1v) is 12.1. The van der Waals surface area contributed by atoms with Crippen LogP contribution >= 0.6 is 0 Å². The first-order valence-electron chi connectivity index (χ1n) is 12.1. The summed E-state index contributed by atoms with van der Waals surface area (Å²) in [6, 6.07) is 11.6. The fourth-order valence-electron chi connectivity index (χ4n) is 3.96. The van der Waals surface area contributed by atoms with Gasteiger partial charge in [-0.2, -0.15) is 0 Å². The molecule has 1 aliphatic heterocycles. The molecule has 194 valence electrons. The van der Waals surface area contributed by atoms with Crippen LogP contribution < -0.4 is 19.5 Å². The average Bonchev–Trinajstić information content (AvgIpc) is 3.41. The van der Waals surface area contributed by atoms with E-state index >= 15 is 0 Å². The summed E-state index contributed by atoms with van der Waals surface area (Å²) in [6.07, 6.45) is 4.97. The Hall–Kier alpha value is -4.18. The number of hydrogen-bond donors (Lipinski definition) is 1. The normalized spacial score (nSPS) is 12.6. The average molecular weight is 507 g/mol. The third-order valence-corrected chi connectivity index (χ3v) is 5.79. The number of carbonyl (C=O) groups excluding carboxylic acids is 2. The van der Waals surface area contributed by atoms with Gasteiger partial charge in [0, 0.05) is 38.7 Å². The highest BCUT2D eigenvalue weighted by Crippen LogP contribution is 2.34. The minimum atomic E-state index is -0.946. The van der Waals surface area contributed by atoms with Gasteiger partial charge in [-0.05, 0) is 48.7 Å². The summed E-state index contributed by atoms with van der Waals surface area (Å²) in [4.78, 5) is 37.1. The predicted molar refractivity (Wildman–Crippen MR) is 134 cm³/mol. The second-order valence-electron chi connectivity index (χ2n) is 8.23. The molecule has 0 fully saturated rings. The molecule has 0 spiro atoms. The summed E-state index contributed by atoms with van der Waals surface area (Å²) in [7, 11) is 1.57. The van der Waals surface area contributed by atoms with Gasteiger partial charge < -0.3 is 29.2 Å². The van der Waals surface area contributed by atoms with E-state index in [4.69, 9.17) is 18.9 Å². The lowest BCUT2D eigenvalue weighted by Gasteiger charge is -2.31. The number of methoxy groups -OCH3 is 1. The Morgan fingerprint density at radius 3 is 2.65 bits per heavy atom. The summed E-state index contributed by atoms with van der Waals surface area (Å²) in [5, 5.41) is 2.96. The minimum absolute atomic E-state index is 0.120. The first-order chi connectivity index (χ1) is 18.1. The van der Waals surface area contributed by atoms with Gasteiger partial charge >= 0.3 is 0 Å². The van der Waals surface area contributed by atoms with Crippen molar-refractivity contribution < 1.29 is 28.5 Å². The monoisotopic (exact) mass is 506 g/mol. The summed E-state index contributed by atoms with van der Waals surface area (Å²) in [6.45, 7) is 3.73. The van der Waals surface area contributed by atoms with Crippen molar-refractivity contribution in [1.82, 2.24) is 20.2 Å². The molecule has 3 aromatic rings. The zero-order valence-electron chi connectivity index (χ0n) is 20.9. The van der Waals surface area contributed by atoms with Crippen LogP contribution in [0.4, 0.5) is 0 Å². The number of hydrogen-bond acceptors (Lipinski definition) is 8. The molecule has 0 saturated carbocycles. The number of ether oxygens (including phenoxy) is 4. The fraction of sp³-hybridized carbons (Fsp3) is 0.333. The Morgan fingerprint density at radius 1 is 1.11 bits per heavy atom. The molecule has 1 atom stereocenters. The topological polar surface area (TPSA) is 112 Å². The molecular formula is C27H30N4O6. The molecule has 2 heterocycles. The van der Waals surface area contributed by atoms with Crippen LogP contribution in [0.1, 0.15) is 41.0 Å². The highest BCUT2D eigenvalue weighted by atomic mass is 16.7. The van der Waals surface area contributed by atoms with E-state index in [0.29, 0.717) is 49.0 Å². The third-order valence-electron chi connectivity index (χ3n) is 5.79. The molecule has 0 bridgehead atoms. The molecule has 4 rings (SSSR count). The molecular weight excluding hydrogens is 476 g/mol. The number of aromatic nitrogens is 2. The van der Waals surface area contributed by atoms with Crippen molar-refractivity contribution >= 4 is 11.8 Å². The number of rotatable bonds is 12. The Balaban J connectivity index is 1.69. The number of carbonyl (C=O) groups is 2. The summed E-state index contributed by atoms with van der Waals surface area (Å²) in [5.74, 6) is 1.11. The number of nitrogens with zero attached hydrogens (tertiary/aromatic N) is 3. The Labute approximate surface area is 215 Å². The van der Waals surface area contributed by atoms with Gasteiger partial charge in [0.05, 0.1) is 13.3 Å². The van der Waals surface area contributed by atoms with E-state index in [1.165, 1.54) is 23.5 Å². The number of benzene rings is 2. The lowest BCUT2D eigenvalue weighted by atomic mass is 10.0. The van der Waals surface area contributed by atoms with E-state index in [1.807, 2.05) is 19.1 Å². The smallest absolute Gasteiger partial charge is 0.275 e. The Bertz CT molecular complexity index is 1190. The highest BCUT2D eigenvalue weighted by Gasteiger charge is 2.33. The van der Waals surface area contributed by atoms with Gasteiger partial charge in [-0.15, -0.1) is 0 Å². The van der Waals surface area contributed by atoms with Gasteiger partial charge in [-0.1, -0.05) is 18.2 Å². The van der Waals surface area contributed by atoms with Crippen molar-refractivity contribution in [3.05, 3.63) is 77.9 Å². The van der Waals surface area contributed by atoms with E-state index in [-0.39, 0.29) is 24.9 Å². The maximum Gasteiger partial charge on any atom is 0.275 e. The Morgan fingerprint density at radius 2 is 1.92 bits per heavy atom. The third kappa shape index (κ3) is 6.53. The summed E-state index contributed by atoms with van der Waals surface area (Å²) in [5.41, 5.74) is 1.52. The SMILES string of the molecule is CCOCCCNC(=O)[C@H](c1ccc(OC)cc1)N(Cc1ccc2c(c1)OCO2)C(=O)c1cnccn1. The molecule has 10 nitrogen and oxygen atoms in total. The van der Waals surface area contributed by atoms with Crippen LogP contribution in [0.5, 0.6) is 17.2 Å². The van der Waals surface area contributed by atoms with Crippen LogP contribution in [0.3, 0.4) is 0 Å². The largest absolute Gasteiger partial charge is 0.497 e. The molecule has 2 aromatic carbocycles. The quantitative estimate of drug-likeness (QED) is 0.373. The van der Waals surface area contributed by atoms with Crippen molar-refractivity contribution in [1.29, 1.82) is 0 Å². The van der Waals surface area contributed by atoms with E-state index in [0.717, 1.165) is 5.56 Å². The fourth-order valence-corrected chi connectivity index (χ4v) is 3.96. The zero-order chi connectivity index (χ0) is 26.0. The maximum absolute atomic E-state index is 13.8. The second-order valence-corrected chi connectivity index (χ2v) is 8.23. The first kappa shape index (κ1) is 25.9. The lowest BCUT2D eigenvalue weighted by Crippen LogP contribution is -2.44. The molecule has 2 amide bonds. The van der Waals surface area contributed by atoms with E-state index in [2.05, 4.69) is 15.3 Å². The molecule has 0 saturated heterocycles. The van der Waals surface area contributed by atoms with Gasteiger partial charge in [0.2, 0.25) is 12.7 Å². The summed E-state index contributed by atoms with van der Waals surface area (Å²) >= 11 is 0. The van der Waals surface area contributed by atoms with Crippen molar-refractivity contribution in [2.24, 2.45) is 0 Å². The molecule has 0 aliphatic carbocycles. The van der Waals surface area contributed by atoms with Gasteiger partial charge in [0.1, 0.15) is 17.5 Å². The van der Waals surface area contributed by atoms with Crippen molar-refractivity contribution in [2.75, 3.05) is 33.7 Å². The highest BCUT2D eigenvalue weighted by molar-refractivity contribution is 5.96. The van der Waals surface area contributed by atoms with E-state index < -0.39 is 11.9 Å². The predicted octanol–water partition coefficient (Wildman–Crippen LogP) is 3.14. The number of fused-ring (bicyclic) bond motifs is 1. The number of amides is 2. The Kier molecular flexibility index (Phi) is 8.88. The van der Waals surface area contributed by atoms with Crippen LogP contribution in [0, 0.1) is 0 Å². The molecule has 37 heavy (non-hydrogen) atoms. The van der Waals surface area contributed by atoms with Crippen molar-refractivity contribution in [2.45, 2.75) is 25.9 Å². The van der Waals surface area contributed by atoms with Crippen molar-refractivity contribution in [3.63, 3.8) is 0 Å². The molecule has 0 radical (unpaired) electrons. The van der Waals surface area contributed by atoms with Crippen LogP contribution in [-0.2, 0) is 16.1 Å². The molecule has 10 heteroatoms. The van der Waals surface area contributed by atoms with E-state index in [9.17, 15) is 9.59 Å². The van der Waals surface area contributed by atoms with Crippen LogP contribution in [0.2, 0.25) is 0 Å². The van der Waals surface area contributed by atoms with Gasteiger partial charge in [-0.25, -0.2) is 4.98 Å². The van der Waals surface area contributed by atoms with Crippen LogP contribution in [-0.4, -0.2) is 60.3 Å². The molecule has 1 aliphatic rings. The standard InChI is InChI=1S/C27H30N4O6/c1-3-35-14-4-11-30-26(32)25(20-6-8-21(34-2)9-7-20)31(27(33)22-16-28-12-13-29-22)17-19-5-10-23-24(15-19)37-18-36-23/h5-10,12-13,15-16,25H,3-4,11,14,17-18H2,1-2H3,(H,30,32)/t25-/m0/s1. The second kappa shape index (κ2) is 12.7. The summed E-state index contributed by atoms with van der Waals surface area (Å²) < 4.78 is 21.6. The van der Waals surface area contributed by atoms with Crippen molar-refractivity contribution in [3.8, 4) is 17.2 Å². The number of nitrogens with one attached hydrogen (secondary N) is 1. The molecule has 0 unspecified atom stereocenters. The zero-order valence-corrected chi connectivity index (χ0v) is 20.9. The lowest BCUT2D eigenvalue weighted by molar-refractivity contribution is -0.126. The maximum atomic E-state index is 13.8. The van der Waals surface area contributed by atoms with Gasteiger partial charge in [-0.3, -0.25) is 14.6 Å². The van der Waals surface area contributed by atoms with Crippen LogP contribution in [0.15, 0.2) is 61.1 Å². The van der Waals surface area contributed by atoms with Gasteiger partial charge in [0.15, 0.2) is 11.5 Å².